The molecular formula is C9H21BO. The van der Waals surface area contributed by atoms with Crippen molar-refractivity contribution in [2.24, 2.45) is 11.3 Å². The number of hydrogen-bond donors (Lipinski definition) is 1. The normalized spacial score (nSPS) is 15.2. The van der Waals surface area contributed by atoms with Gasteiger partial charge >= 0.3 is 0 Å². The summed E-state index contributed by atoms with van der Waals surface area (Å²) in [7, 11) is 0.328. The number of hydrogen-bond acceptors (Lipinski definition) is 1. The fraction of sp³-hybridized carbons (Fsp3) is 1.00. The molecule has 0 spiro atoms. The summed E-state index contributed by atoms with van der Waals surface area (Å²) in [6, 6.07) is 0. The van der Waals surface area contributed by atoms with Crippen molar-refractivity contribution in [3.8, 4) is 0 Å². The largest absolute Gasteiger partial charge is 0.454 e. The van der Waals surface area contributed by atoms with Crippen LogP contribution in [-0.2, 0) is 0 Å². The Morgan fingerprint density at radius 3 is 1.82 bits per heavy atom. The van der Waals surface area contributed by atoms with Gasteiger partial charge in [-0.05, 0) is 23.6 Å². The van der Waals surface area contributed by atoms with E-state index < -0.39 is 0 Å². The van der Waals surface area contributed by atoms with Crippen molar-refractivity contribution in [1.29, 1.82) is 0 Å². The van der Waals surface area contributed by atoms with Crippen LogP contribution in [0.3, 0.4) is 0 Å². The van der Waals surface area contributed by atoms with E-state index in [0.717, 1.165) is 6.42 Å². The maximum absolute atomic E-state index is 9.06. The zero-order valence-corrected chi connectivity index (χ0v) is 8.52. The van der Waals surface area contributed by atoms with Crippen LogP contribution in [0.1, 0.15) is 41.0 Å². The molecule has 0 heterocycles. The van der Waals surface area contributed by atoms with Crippen LogP contribution in [0.25, 0.3) is 0 Å². The lowest BCUT2D eigenvalue weighted by Crippen LogP contribution is -2.18. The Labute approximate surface area is 71.5 Å². The van der Waals surface area contributed by atoms with Gasteiger partial charge in [-0.2, -0.15) is 0 Å². The van der Waals surface area contributed by atoms with Gasteiger partial charge in [0.25, 0.3) is 7.48 Å². The Morgan fingerprint density at radius 1 is 1.27 bits per heavy atom. The predicted molar refractivity (Wildman–Crippen MR) is 52.0 cm³/mol. The van der Waals surface area contributed by atoms with Crippen LogP contribution in [0, 0.1) is 11.3 Å². The van der Waals surface area contributed by atoms with E-state index in [4.69, 9.17) is 5.02 Å². The molecule has 1 N–H and O–H groups in total. The molecule has 0 aliphatic heterocycles. The van der Waals surface area contributed by atoms with E-state index in [1.165, 1.54) is 0 Å². The summed E-state index contributed by atoms with van der Waals surface area (Å²) in [6.07, 6.45) is 1.11. The second kappa shape index (κ2) is 4.15. The van der Waals surface area contributed by atoms with Crippen LogP contribution < -0.4 is 0 Å². The highest BCUT2D eigenvalue weighted by atomic mass is 16.2. The summed E-state index contributed by atoms with van der Waals surface area (Å²) in [4.78, 5) is 0. The van der Waals surface area contributed by atoms with Crippen LogP contribution in [0.4, 0.5) is 0 Å². The first-order valence-electron chi connectivity index (χ1n) is 4.47. The molecule has 0 aromatic carbocycles. The molecule has 0 saturated carbocycles. The van der Waals surface area contributed by atoms with Crippen molar-refractivity contribution in [3.05, 3.63) is 0 Å². The van der Waals surface area contributed by atoms with Gasteiger partial charge < -0.3 is 5.02 Å². The first-order valence-corrected chi connectivity index (χ1v) is 4.47. The van der Waals surface area contributed by atoms with Gasteiger partial charge in [-0.1, -0.05) is 34.6 Å². The molecule has 11 heavy (non-hydrogen) atoms. The summed E-state index contributed by atoms with van der Waals surface area (Å²) in [5, 5.41) is 9.06. The minimum absolute atomic E-state index is 0.328. The first-order chi connectivity index (χ1) is 4.87. The Bertz CT molecular complexity index is 105. The average molecular weight is 156 g/mol. The smallest absolute Gasteiger partial charge is 0.274 e. The molecule has 0 aliphatic rings. The quantitative estimate of drug-likeness (QED) is 0.621. The van der Waals surface area contributed by atoms with Gasteiger partial charge in [-0.25, -0.2) is 0 Å². The van der Waals surface area contributed by atoms with Crippen molar-refractivity contribution in [2.45, 2.75) is 46.9 Å². The standard InChI is InChI=1S/C9H21BO/c1-7(2)8(10-11)6-9(3,4)5/h7-8,10-11H,6H2,1-5H3. The molecule has 1 nitrogen and oxygen atoms in total. The van der Waals surface area contributed by atoms with E-state index in [-0.39, 0.29) is 0 Å². The highest BCUT2D eigenvalue weighted by molar-refractivity contribution is 6.27. The first kappa shape index (κ1) is 11.0. The summed E-state index contributed by atoms with van der Waals surface area (Å²) < 4.78 is 0. The van der Waals surface area contributed by atoms with Crippen molar-refractivity contribution in [1.82, 2.24) is 0 Å². The lowest BCUT2D eigenvalue weighted by atomic mass is 9.65. The molecule has 2 heteroatoms. The van der Waals surface area contributed by atoms with Crippen LogP contribution in [0.5, 0.6) is 0 Å². The topological polar surface area (TPSA) is 20.2 Å². The van der Waals surface area contributed by atoms with Crippen molar-refractivity contribution in [2.75, 3.05) is 0 Å². The second-order valence-corrected chi connectivity index (χ2v) is 4.95. The van der Waals surface area contributed by atoms with Crippen molar-refractivity contribution in [3.63, 3.8) is 0 Å². The van der Waals surface area contributed by atoms with E-state index in [2.05, 4.69) is 34.6 Å². The highest BCUT2D eigenvalue weighted by Crippen LogP contribution is 2.31. The van der Waals surface area contributed by atoms with Crippen LogP contribution >= 0.6 is 0 Å². The monoisotopic (exact) mass is 156 g/mol. The molecule has 0 rings (SSSR count). The van der Waals surface area contributed by atoms with Crippen LogP contribution in [0.2, 0.25) is 5.82 Å². The van der Waals surface area contributed by atoms with Gasteiger partial charge in [0, 0.05) is 0 Å². The molecule has 1 atom stereocenters. The van der Waals surface area contributed by atoms with E-state index in [9.17, 15) is 0 Å². The van der Waals surface area contributed by atoms with Gasteiger partial charge in [0.1, 0.15) is 0 Å². The van der Waals surface area contributed by atoms with E-state index in [1.54, 1.807) is 0 Å². The molecule has 66 valence electrons. The molecule has 0 amide bonds. The highest BCUT2D eigenvalue weighted by Gasteiger charge is 2.21. The lowest BCUT2D eigenvalue weighted by molar-refractivity contribution is 0.326. The van der Waals surface area contributed by atoms with Gasteiger partial charge in [-0.3, -0.25) is 0 Å². The van der Waals surface area contributed by atoms with E-state index >= 15 is 0 Å². The zero-order chi connectivity index (χ0) is 9.07. The molecule has 0 aromatic heterocycles. The summed E-state index contributed by atoms with van der Waals surface area (Å²) >= 11 is 0. The molecule has 0 radical (unpaired) electrons. The van der Waals surface area contributed by atoms with E-state index in [1.807, 2.05) is 0 Å². The Hall–Kier alpha value is 0.0249. The molecule has 0 aromatic rings. The molecule has 0 saturated heterocycles. The third-order valence-electron chi connectivity index (χ3n) is 2.05. The molecule has 0 bridgehead atoms. The molecule has 0 aliphatic carbocycles. The minimum Gasteiger partial charge on any atom is -0.454 e. The van der Waals surface area contributed by atoms with Crippen LogP contribution in [-0.4, -0.2) is 12.5 Å². The van der Waals surface area contributed by atoms with Gasteiger partial charge in [-0.15, -0.1) is 0 Å². The predicted octanol–water partition coefficient (Wildman–Crippen LogP) is 2.21. The summed E-state index contributed by atoms with van der Waals surface area (Å²) in [6.45, 7) is 11.0. The SMILES string of the molecule is CC(C)C(BO)CC(C)(C)C. The molecular weight excluding hydrogens is 135 g/mol. The van der Waals surface area contributed by atoms with Crippen molar-refractivity contribution >= 4 is 7.48 Å². The van der Waals surface area contributed by atoms with E-state index in [0.29, 0.717) is 24.6 Å². The maximum Gasteiger partial charge on any atom is 0.274 e. The Balaban J connectivity index is 3.88. The third kappa shape index (κ3) is 5.31. The van der Waals surface area contributed by atoms with Crippen molar-refractivity contribution < 1.29 is 5.02 Å². The van der Waals surface area contributed by atoms with Gasteiger partial charge in [0.15, 0.2) is 0 Å². The number of rotatable bonds is 3. The van der Waals surface area contributed by atoms with Gasteiger partial charge in [0.2, 0.25) is 0 Å². The second-order valence-electron chi connectivity index (χ2n) is 4.95. The fourth-order valence-corrected chi connectivity index (χ4v) is 1.30. The molecule has 1 unspecified atom stereocenters. The fourth-order valence-electron chi connectivity index (χ4n) is 1.30. The third-order valence-corrected chi connectivity index (χ3v) is 2.05. The molecule has 0 fully saturated rings. The summed E-state index contributed by atoms with van der Waals surface area (Å²) in [5.41, 5.74) is 0.345. The average Bonchev–Trinajstić information content (AvgIpc) is 1.80. The minimum atomic E-state index is 0.328. The van der Waals surface area contributed by atoms with Gasteiger partial charge in [0.05, 0.1) is 0 Å². The zero-order valence-electron chi connectivity index (χ0n) is 8.52. The summed E-state index contributed by atoms with van der Waals surface area (Å²) in [5.74, 6) is 1.06. The maximum atomic E-state index is 9.06. The lowest BCUT2D eigenvalue weighted by Gasteiger charge is -2.26. The Kier molecular flexibility index (Phi) is 4.16. The van der Waals surface area contributed by atoms with Crippen LogP contribution in [0.15, 0.2) is 0 Å². The Morgan fingerprint density at radius 2 is 1.73 bits per heavy atom.